The van der Waals surface area contributed by atoms with Crippen molar-refractivity contribution in [3.05, 3.63) is 35.4 Å². The molecule has 0 fully saturated rings. The molecular weight excluding hydrogens is 196 g/mol. The first kappa shape index (κ1) is 11.0. The molecule has 76 valence electrons. The Balaban J connectivity index is 3.34. The highest BCUT2D eigenvalue weighted by atomic mass is 32.2. The molecule has 0 aromatic heterocycles. The van der Waals surface area contributed by atoms with Gasteiger partial charge in [-0.1, -0.05) is 18.2 Å². The van der Waals surface area contributed by atoms with E-state index in [1.54, 1.807) is 12.1 Å². The van der Waals surface area contributed by atoms with Crippen molar-refractivity contribution in [1.29, 1.82) is 0 Å². The van der Waals surface area contributed by atoms with E-state index in [1.165, 1.54) is 6.26 Å². The summed E-state index contributed by atoms with van der Waals surface area (Å²) in [7, 11) is -3.09. The monoisotopic (exact) mass is 210 g/mol. The summed E-state index contributed by atoms with van der Waals surface area (Å²) in [6, 6.07) is 5.16. The zero-order valence-corrected chi connectivity index (χ0v) is 9.43. The number of benzene rings is 1. The van der Waals surface area contributed by atoms with Gasteiger partial charge < -0.3 is 0 Å². The minimum atomic E-state index is -3.09. The zero-order chi connectivity index (χ0) is 10.8. The SMILES string of the molecule is C/C=C\c1cc(S(C)(=O)=O)ccc1C. The average molecular weight is 210 g/mol. The second-order valence-electron chi connectivity index (χ2n) is 3.29. The molecule has 0 saturated carbocycles. The number of rotatable bonds is 2. The standard InChI is InChI=1S/C11H14O2S/c1-4-5-10-8-11(14(3,12)13)7-6-9(10)2/h4-8H,1-3H3/b5-4-. The van der Waals surface area contributed by atoms with E-state index in [0.717, 1.165) is 11.1 Å². The predicted molar refractivity (Wildman–Crippen MR) is 59.0 cm³/mol. The highest BCUT2D eigenvalue weighted by Gasteiger charge is 2.07. The maximum atomic E-state index is 11.3. The Kier molecular flexibility index (Phi) is 3.11. The third-order valence-electron chi connectivity index (χ3n) is 2.03. The molecule has 0 heterocycles. The third kappa shape index (κ3) is 2.45. The van der Waals surface area contributed by atoms with Crippen LogP contribution in [-0.4, -0.2) is 14.7 Å². The third-order valence-corrected chi connectivity index (χ3v) is 3.14. The molecule has 1 aromatic rings. The van der Waals surface area contributed by atoms with Gasteiger partial charge in [-0.2, -0.15) is 0 Å². The first-order chi connectivity index (χ1) is 6.45. The zero-order valence-electron chi connectivity index (χ0n) is 8.61. The van der Waals surface area contributed by atoms with Gasteiger partial charge in [0.1, 0.15) is 0 Å². The molecule has 0 unspecified atom stereocenters. The molecule has 1 aromatic carbocycles. The Hall–Kier alpha value is -1.09. The van der Waals surface area contributed by atoms with Crippen molar-refractivity contribution in [2.24, 2.45) is 0 Å². The van der Waals surface area contributed by atoms with Crippen LogP contribution in [0, 0.1) is 6.92 Å². The molecular formula is C11H14O2S. The van der Waals surface area contributed by atoms with Crippen LogP contribution in [0.2, 0.25) is 0 Å². The maximum Gasteiger partial charge on any atom is 0.175 e. The van der Waals surface area contributed by atoms with Crippen molar-refractivity contribution < 1.29 is 8.42 Å². The first-order valence-corrected chi connectivity index (χ1v) is 6.27. The van der Waals surface area contributed by atoms with E-state index in [1.807, 2.05) is 32.1 Å². The summed E-state index contributed by atoms with van der Waals surface area (Å²) in [6.45, 7) is 3.87. The second kappa shape index (κ2) is 3.96. The molecule has 0 bridgehead atoms. The molecule has 0 spiro atoms. The van der Waals surface area contributed by atoms with Gasteiger partial charge in [0, 0.05) is 6.26 Å². The molecule has 0 aliphatic carbocycles. The van der Waals surface area contributed by atoms with Crippen LogP contribution in [0.15, 0.2) is 29.2 Å². The van der Waals surface area contributed by atoms with Crippen molar-refractivity contribution in [3.8, 4) is 0 Å². The number of aryl methyl sites for hydroxylation is 1. The lowest BCUT2D eigenvalue weighted by molar-refractivity contribution is 0.602. The van der Waals surface area contributed by atoms with Crippen molar-refractivity contribution in [2.45, 2.75) is 18.7 Å². The topological polar surface area (TPSA) is 34.1 Å². The molecule has 0 saturated heterocycles. The Bertz CT molecular complexity index is 456. The molecule has 0 radical (unpaired) electrons. The van der Waals surface area contributed by atoms with Crippen LogP contribution < -0.4 is 0 Å². The number of hydrogen-bond acceptors (Lipinski definition) is 2. The lowest BCUT2D eigenvalue weighted by Crippen LogP contribution is -1.97. The fourth-order valence-corrected chi connectivity index (χ4v) is 1.86. The van der Waals surface area contributed by atoms with Crippen LogP contribution in [0.4, 0.5) is 0 Å². The molecule has 0 aliphatic rings. The van der Waals surface area contributed by atoms with Crippen LogP contribution in [0.5, 0.6) is 0 Å². The summed E-state index contributed by atoms with van der Waals surface area (Å²) < 4.78 is 22.6. The molecule has 14 heavy (non-hydrogen) atoms. The largest absolute Gasteiger partial charge is 0.224 e. The Labute approximate surface area is 85.2 Å². The highest BCUT2D eigenvalue weighted by Crippen LogP contribution is 2.16. The lowest BCUT2D eigenvalue weighted by Gasteiger charge is -2.03. The highest BCUT2D eigenvalue weighted by molar-refractivity contribution is 7.90. The minimum absolute atomic E-state index is 0.371. The number of allylic oxidation sites excluding steroid dienone is 1. The van der Waals surface area contributed by atoms with Gasteiger partial charge in [0.05, 0.1) is 4.90 Å². The second-order valence-corrected chi connectivity index (χ2v) is 5.31. The van der Waals surface area contributed by atoms with E-state index in [2.05, 4.69) is 0 Å². The lowest BCUT2D eigenvalue weighted by atomic mass is 10.1. The van der Waals surface area contributed by atoms with Crippen molar-refractivity contribution in [1.82, 2.24) is 0 Å². The molecule has 2 nitrogen and oxygen atoms in total. The van der Waals surface area contributed by atoms with E-state index in [-0.39, 0.29) is 0 Å². The van der Waals surface area contributed by atoms with E-state index >= 15 is 0 Å². The van der Waals surface area contributed by atoms with Gasteiger partial charge in [0.15, 0.2) is 9.84 Å². The summed E-state index contributed by atoms with van der Waals surface area (Å²) in [4.78, 5) is 0.371. The summed E-state index contributed by atoms with van der Waals surface area (Å²) in [5.74, 6) is 0. The normalized spacial score (nSPS) is 12.2. The Morgan fingerprint density at radius 2 is 1.93 bits per heavy atom. The minimum Gasteiger partial charge on any atom is -0.224 e. The van der Waals surface area contributed by atoms with Gasteiger partial charge in [-0.05, 0) is 37.1 Å². The quantitative estimate of drug-likeness (QED) is 0.751. The van der Waals surface area contributed by atoms with Gasteiger partial charge in [-0.3, -0.25) is 0 Å². The first-order valence-electron chi connectivity index (χ1n) is 4.38. The molecule has 3 heteroatoms. The van der Waals surface area contributed by atoms with Gasteiger partial charge in [0.2, 0.25) is 0 Å². The summed E-state index contributed by atoms with van der Waals surface area (Å²) in [5.41, 5.74) is 2.03. The molecule has 0 N–H and O–H groups in total. The Morgan fingerprint density at radius 1 is 1.29 bits per heavy atom. The average Bonchev–Trinajstić information content (AvgIpc) is 2.07. The van der Waals surface area contributed by atoms with E-state index in [9.17, 15) is 8.42 Å². The van der Waals surface area contributed by atoms with E-state index in [0.29, 0.717) is 4.90 Å². The van der Waals surface area contributed by atoms with Crippen molar-refractivity contribution in [2.75, 3.05) is 6.26 Å². The maximum absolute atomic E-state index is 11.3. The summed E-state index contributed by atoms with van der Waals surface area (Å²) in [6.07, 6.45) is 5.02. The molecule has 0 aliphatic heterocycles. The fourth-order valence-electron chi connectivity index (χ4n) is 1.21. The van der Waals surface area contributed by atoms with Crippen LogP contribution >= 0.6 is 0 Å². The summed E-state index contributed by atoms with van der Waals surface area (Å²) in [5, 5.41) is 0. The van der Waals surface area contributed by atoms with Gasteiger partial charge >= 0.3 is 0 Å². The Morgan fingerprint density at radius 3 is 2.43 bits per heavy atom. The van der Waals surface area contributed by atoms with Gasteiger partial charge in [-0.15, -0.1) is 0 Å². The van der Waals surface area contributed by atoms with Crippen LogP contribution in [0.25, 0.3) is 6.08 Å². The smallest absolute Gasteiger partial charge is 0.175 e. The van der Waals surface area contributed by atoms with Gasteiger partial charge in [0.25, 0.3) is 0 Å². The number of sulfone groups is 1. The van der Waals surface area contributed by atoms with Crippen LogP contribution in [-0.2, 0) is 9.84 Å². The van der Waals surface area contributed by atoms with E-state index < -0.39 is 9.84 Å². The molecule has 1 rings (SSSR count). The fraction of sp³-hybridized carbons (Fsp3) is 0.273. The van der Waals surface area contributed by atoms with Crippen molar-refractivity contribution in [3.63, 3.8) is 0 Å². The van der Waals surface area contributed by atoms with Crippen molar-refractivity contribution >= 4 is 15.9 Å². The molecule has 0 atom stereocenters. The van der Waals surface area contributed by atoms with Gasteiger partial charge in [-0.25, -0.2) is 8.42 Å². The van der Waals surface area contributed by atoms with Crippen LogP contribution in [0.1, 0.15) is 18.1 Å². The predicted octanol–water partition coefficient (Wildman–Crippen LogP) is 2.43. The summed E-state index contributed by atoms with van der Waals surface area (Å²) >= 11 is 0. The van der Waals surface area contributed by atoms with Crippen LogP contribution in [0.3, 0.4) is 0 Å². The molecule has 0 amide bonds. The van der Waals surface area contributed by atoms with E-state index in [4.69, 9.17) is 0 Å². The number of hydrogen-bond donors (Lipinski definition) is 0.